The molecular weight excluding hydrogens is 242 g/mol. The number of likely N-dealkylation sites (tertiary alicyclic amines) is 1. The highest BCUT2D eigenvalue weighted by molar-refractivity contribution is 5.73. The Kier molecular flexibility index (Phi) is 6.75. The zero-order valence-electron chi connectivity index (χ0n) is 12.7. The number of aliphatic carboxylic acids is 1. The van der Waals surface area contributed by atoms with E-state index < -0.39 is 12.0 Å². The van der Waals surface area contributed by atoms with Gasteiger partial charge in [-0.25, -0.2) is 0 Å². The first-order valence-electron chi connectivity index (χ1n) is 7.27. The average Bonchev–Trinajstić information content (AvgIpc) is 2.34. The molecule has 1 aliphatic rings. The van der Waals surface area contributed by atoms with Crippen LogP contribution in [-0.4, -0.2) is 72.7 Å². The predicted octanol–water partition coefficient (Wildman–Crippen LogP) is 0.854. The number of nitrogens with zero attached hydrogens (tertiary/aromatic N) is 2. The molecule has 1 fully saturated rings. The summed E-state index contributed by atoms with van der Waals surface area (Å²) in [5.41, 5.74) is 0. The van der Waals surface area contributed by atoms with Crippen LogP contribution in [0.15, 0.2) is 0 Å². The van der Waals surface area contributed by atoms with E-state index in [0.717, 1.165) is 19.6 Å². The van der Waals surface area contributed by atoms with Gasteiger partial charge in [-0.1, -0.05) is 13.8 Å². The van der Waals surface area contributed by atoms with Gasteiger partial charge in [-0.3, -0.25) is 4.79 Å². The molecule has 0 spiro atoms. The standard InChI is InChI=1S/C14H29N3O2/c1-11(2)15-13(14(18)19)7-10-17-8-5-12(6-9-17)16(3)4/h11-13,15H,5-10H2,1-4H3,(H,18,19). The van der Waals surface area contributed by atoms with Gasteiger partial charge < -0.3 is 20.2 Å². The highest BCUT2D eigenvalue weighted by Gasteiger charge is 2.23. The number of carbonyl (C=O) groups is 1. The maximum atomic E-state index is 11.2. The highest BCUT2D eigenvalue weighted by Crippen LogP contribution is 2.14. The minimum Gasteiger partial charge on any atom is -0.480 e. The van der Waals surface area contributed by atoms with Gasteiger partial charge in [0.25, 0.3) is 0 Å². The van der Waals surface area contributed by atoms with E-state index in [4.69, 9.17) is 0 Å². The summed E-state index contributed by atoms with van der Waals surface area (Å²) >= 11 is 0. The molecule has 5 heteroatoms. The van der Waals surface area contributed by atoms with Gasteiger partial charge in [0, 0.05) is 18.6 Å². The lowest BCUT2D eigenvalue weighted by molar-refractivity contribution is -0.140. The Labute approximate surface area is 117 Å². The van der Waals surface area contributed by atoms with Gasteiger partial charge in [0.15, 0.2) is 0 Å². The van der Waals surface area contributed by atoms with E-state index >= 15 is 0 Å². The molecule has 1 atom stereocenters. The van der Waals surface area contributed by atoms with Crippen LogP contribution < -0.4 is 5.32 Å². The number of hydrogen-bond acceptors (Lipinski definition) is 4. The normalized spacial score (nSPS) is 20.1. The van der Waals surface area contributed by atoms with Crippen molar-refractivity contribution in [1.29, 1.82) is 0 Å². The minimum atomic E-state index is -0.739. The van der Waals surface area contributed by atoms with Crippen molar-refractivity contribution in [1.82, 2.24) is 15.1 Å². The van der Waals surface area contributed by atoms with Crippen LogP contribution in [0.1, 0.15) is 33.1 Å². The first kappa shape index (κ1) is 16.4. The molecule has 1 aliphatic heterocycles. The number of nitrogens with one attached hydrogen (secondary N) is 1. The smallest absolute Gasteiger partial charge is 0.320 e. The maximum absolute atomic E-state index is 11.2. The van der Waals surface area contributed by atoms with Crippen LogP contribution in [0.2, 0.25) is 0 Å². The summed E-state index contributed by atoms with van der Waals surface area (Å²) in [6, 6.07) is 0.465. The molecule has 1 heterocycles. The van der Waals surface area contributed by atoms with Crippen LogP contribution >= 0.6 is 0 Å². The first-order valence-corrected chi connectivity index (χ1v) is 7.27. The van der Waals surface area contributed by atoms with Crippen LogP contribution in [-0.2, 0) is 4.79 Å². The number of carboxylic acid groups (broad SMARTS) is 1. The third-order valence-electron chi connectivity index (χ3n) is 3.85. The number of hydrogen-bond donors (Lipinski definition) is 2. The molecule has 0 radical (unpaired) electrons. The molecule has 2 N–H and O–H groups in total. The zero-order valence-corrected chi connectivity index (χ0v) is 12.7. The van der Waals surface area contributed by atoms with E-state index in [1.54, 1.807) is 0 Å². The molecule has 5 nitrogen and oxygen atoms in total. The van der Waals surface area contributed by atoms with Gasteiger partial charge in [0.2, 0.25) is 0 Å². The Balaban J connectivity index is 2.30. The molecule has 112 valence electrons. The lowest BCUT2D eigenvalue weighted by Gasteiger charge is -2.35. The predicted molar refractivity (Wildman–Crippen MR) is 77.5 cm³/mol. The Bertz CT molecular complexity index is 274. The summed E-state index contributed by atoms with van der Waals surface area (Å²) in [5, 5.41) is 12.3. The van der Waals surface area contributed by atoms with E-state index in [9.17, 15) is 9.90 Å². The van der Waals surface area contributed by atoms with Gasteiger partial charge in [-0.05, 0) is 46.4 Å². The van der Waals surface area contributed by atoms with Crippen LogP contribution in [0.3, 0.4) is 0 Å². The third kappa shape index (κ3) is 5.89. The van der Waals surface area contributed by atoms with Crippen molar-refractivity contribution in [2.24, 2.45) is 0 Å². The van der Waals surface area contributed by atoms with Gasteiger partial charge in [0.1, 0.15) is 6.04 Å². The largest absolute Gasteiger partial charge is 0.480 e. The van der Waals surface area contributed by atoms with Crippen molar-refractivity contribution in [2.45, 2.75) is 51.2 Å². The molecule has 19 heavy (non-hydrogen) atoms. The van der Waals surface area contributed by atoms with E-state index in [1.807, 2.05) is 13.8 Å². The second-order valence-corrected chi connectivity index (χ2v) is 6.04. The van der Waals surface area contributed by atoms with Crippen LogP contribution in [0.4, 0.5) is 0 Å². The Hall–Kier alpha value is -0.650. The quantitative estimate of drug-likeness (QED) is 0.719. The Morgan fingerprint density at radius 1 is 1.37 bits per heavy atom. The molecule has 0 aromatic rings. The summed E-state index contributed by atoms with van der Waals surface area (Å²) in [6.07, 6.45) is 3.05. The fourth-order valence-electron chi connectivity index (χ4n) is 2.65. The van der Waals surface area contributed by atoms with Crippen molar-refractivity contribution < 1.29 is 9.90 Å². The maximum Gasteiger partial charge on any atom is 0.320 e. The molecule has 0 bridgehead atoms. The summed E-state index contributed by atoms with van der Waals surface area (Å²) in [7, 11) is 4.26. The van der Waals surface area contributed by atoms with Gasteiger partial charge in [-0.15, -0.1) is 0 Å². The summed E-state index contributed by atoms with van der Waals surface area (Å²) in [4.78, 5) is 15.8. The molecule has 1 unspecified atom stereocenters. The highest BCUT2D eigenvalue weighted by atomic mass is 16.4. The van der Waals surface area contributed by atoms with E-state index in [-0.39, 0.29) is 6.04 Å². The van der Waals surface area contributed by atoms with Gasteiger partial charge in [-0.2, -0.15) is 0 Å². The van der Waals surface area contributed by atoms with E-state index in [0.29, 0.717) is 12.5 Å². The number of carboxylic acids is 1. The average molecular weight is 271 g/mol. The van der Waals surface area contributed by atoms with Crippen molar-refractivity contribution in [2.75, 3.05) is 33.7 Å². The summed E-state index contributed by atoms with van der Waals surface area (Å²) in [6.45, 7) is 7.00. The van der Waals surface area contributed by atoms with Crippen molar-refractivity contribution in [3.05, 3.63) is 0 Å². The Morgan fingerprint density at radius 3 is 2.37 bits per heavy atom. The minimum absolute atomic E-state index is 0.209. The lowest BCUT2D eigenvalue weighted by Crippen LogP contribution is -2.46. The lowest BCUT2D eigenvalue weighted by atomic mass is 10.0. The summed E-state index contributed by atoms with van der Waals surface area (Å²) < 4.78 is 0. The van der Waals surface area contributed by atoms with E-state index in [2.05, 4.69) is 29.2 Å². The SMILES string of the molecule is CC(C)NC(CCN1CCC(N(C)C)CC1)C(=O)O. The Morgan fingerprint density at radius 2 is 1.95 bits per heavy atom. The second-order valence-electron chi connectivity index (χ2n) is 6.04. The fourth-order valence-corrected chi connectivity index (χ4v) is 2.65. The van der Waals surface area contributed by atoms with Gasteiger partial charge >= 0.3 is 5.97 Å². The molecule has 0 saturated carbocycles. The van der Waals surface area contributed by atoms with E-state index in [1.165, 1.54) is 12.8 Å². The molecule has 1 rings (SSSR count). The van der Waals surface area contributed by atoms with Crippen LogP contribution in [0, 0.1) is 0 Å². The first-order chi connectivity index (χ1) is 8.90. The van der Waals surface area contributed by atoms with Crippen molar-refractivity contribution >= 4 is 5.97 Å². The fraction of sp³-hybridized carbons (Fsp3) is 0.929. The molecule has 1 saturated heterocycles. The van der Waals surface area contributed by atoms with Gasteiger partial charge in [0.05, 0.1) is 0 Å². The topological polar surface area (TPSA) is 55.8 Å². The third-order valence-corrected chi connectivity index (χ3v) is 3.85. The number of piperidine rings is 1. The van der Waals surface area contributed by atoms with Crippen LogP contribution in [0.5, 0.6) is 0 Å². The molecule has 0 aromatic carbocycles. The molecular formula is C14H29N3O2. The summed E-state index contributed by atoms with van der Waals surface area (Å²) in [5.74, 6) is -0.739. The molecule has 0 aliphatic carbocycles. The zero-order chi connectivity index (χ0) is 14.4. The van der Waals surface area contributed by atoms with Crippen molar-refractivity contribution in [3.63, 3.8) is 0 Å². The molecule has 0 aromatic heterocycles. The number of rotatable bonds is 7. The van der Waals surface area contributed by atoms with Crippen molar-refractivity contribution in [3.8, 4) is 0 Å². The second kappa shape index (κ2) is 7.82. The molecule has 0 amide bonds. The van der Waals surface area contributed by atoms with Crippen LogP contribution in [0.25, 0.3) is 0 Å². The monoisotopic (exact) mass is 271 g/mol.